The highest BCUT2D eigenvalue weighted by Gasteiger charge is 2.30. The van der Waals surface area contributed by atoms with Crippen molar-refractivity contribution in [2.45, 2.75) is 20.3 Å². The van der Waals surface area contributed by atoms with Crippen LogP contribution >= 0.6 is 0 Å². The summed E-state index contributed by atoms with van der Waals surface area (Å²) in [7, 11) is 1.77. The van der Waals surface area contributed by atoms with Crippen molar-refractivity contribution in [1.82, 2.24) is 9.78 Å². The molecule has 0 aliphatic heterocycles. The van der Waals surface area contributed by atoms with Crippen molar-refractivity contribution in [1.29, 1.82) is 0 Å². The zero-order valence-electron chi connectivity index (χ0n) is 10.9. The molecule has 1 heterocycles. The number of rotatable bonds is 6. The first-order chi connectivity index (χ1) is 8.58. The van der Waals surface area contributed by atoms with Crippen LogP contribution < -0.4 is 0 Å². The molecule has 0 aliphatic rings. The Labute approximate surface area is 106 Å². The Kier molecular flexibility index (Phi) is 5.35. The van der Waals surface area contributed by atoms with Crippen molar-refractivity contribution in [2.24, 2.45) is 13.0 Å². The second kappa shape index (κ2) is 6.78. The minimum atomic E-state index is -0.922. The maximum absolute atomic E-state index is 11.7. The smallest absolute Gasteiger partial charge is 0.320 e. The lowest BCUT2D eigenvalue weighted by atomic mass is 10.0. The van der Waals surface area contributed by atoms with E-state index in [0.29, 0.717) is 0 Å². The molecule has 1 aromatic rings. The van der Waals surface area contributed by atoms with Gasteiger partial charge in [-0.1, -0.05) is 0 Å². The fourth-order valence-electron chi connectivity index (χ4n) is 1.56. The molecule has 0 radical (unpaired) electrons. The van der Waals surface area contributed by atoms with E-state index in [0.717, 1.165) is 5.56 Å². The molecule has 0 aliphatic carbocycles. The van der Waals surface area contributed by atoms with Crippen molar-refractivity contribution < 1.29 is 19.1 Å². The topological polar surface area (TPSA) is 70.4 Å². The van der Waals surface area contributed by atoms with Gasteiger partial charge in [0.05, 0.1) is 19.4 Å². The summed E-state index contributed by atoms with van der Waals surface area (Å²) >= 11 is 0. The molecule has 1 rings (SSSR count). The largest absolute Gasteiger partial charge is 0.465 e. The van der Waals surface area contributed by atoms with Gasteiger partial charge in [-0.25, -0.2) is 0 Å². The third-order valence-corrected chi connectivity index (χ3v) is 2.34. The Morgan fingerprint density at radius 1 is 1.28 bits per heavy atom. The normalized spacial score (nSPS) is 10.4. The summed E-state index contributed by atoms with van der Waals surface area (Å²) in [5.74, 6) is -2.03. The lowest BCUT2D eigenvalue weighted by Gasteiger charge is -2.13. The number of carbonyl (C=O) groups excluding carboxylic acids is 2. The molecule has 1 aromatic heterocycles. The third-order valence-electron chi connectivity index (χ3n) is 2.34. The summed E-state index contributed by atoms with van der Waals surface area (Å²) in [5.41, 5.74) is 0.795. The molecule has 0 N–H and O–H groups in total. The summed E-state index contributed by atoms with van der Waals surface area (Å²) in [6, 6.07) is 0. The highest BCUT2D eigenvalue weighted by molar-refractivity contribution is 5.95. The number of aryl methyl sites for hydroxylation is 1. The first kappa shape index (κ1) is 14.2. The van der Waals surface area contributed by atoms with Crippen LogP contribution in [0.4, 0.5) is 0 Å². The van der Waals surface area contributed by atoms with E-state index in [1.54, 1.807) is 38.0 Å². The van der Waals surface area contributed by atoms with E-state index in [9.17, 15) is 9.59 Å². The molecule has 18 heavy (non-hydrogen) atoms. The molecule has 0 amide bonds. The number of hydrogen-bond acceptors (Lipinski definition) is 5. The number of aromatic nitrogens is 2. The molecule has 0 bridgehead atoms. The molecule has 0 aromatic carbocycles. The van der Waals surface area contributed by atoms with Crippen molar-refractivity contribution in [2.75, 3.05) is 13.2 Å². The monoisotopic (exact) mass is 254 g/mol. The zero-order valence-corrected chi connectivity index (χ0v) is 10.9. The third kappa shape index (κ3) is 3.87. The SMILES string of the molecule is CCOC(=O)C(Cc1cnn(C)c1)C(=O)OCC. The van der Waals surface area contributed by atoms with Crippen LogP contribution in [0.2, 0.25) is 0 Å². The van der Waals surface area contributed by atoms with Gasteiger partial charge in [0.1, 0.15) is 0 Å². The van der Waals surface area contributed by atoms with Crippen molar-refractivity contribution in [3.05, 3.63) is 18.0 Å². The zero-order chi connectivity index (χ0) is 13.5. The first-order valence-corrected chi connectivity index (χ1v) is 5.89. The van der Waals surface area contributed by atoms with Crippen LogP contribution in [0.15, 0.2) is 12.4 Å². The molecule has 6 heteroatoms. The van der Waals surface area contributed by atoms with Gasteiger partial charge < -0.3 is 9.47 Å². The fourth-order valence-corrected chi connectivity index (χ4v) is 1.56. The Hall–Kier alpha value is -1.85. The average Bonchev–Trinajstić information content (AvgIpc) is 2.72. The maximum Gasteiger partial charge on any atom is 0.320 e. The highest BCUT2D eigenvalue weighted by atomic mass is 16.6. The quantitative estimate of drug-likeness (QED) is 0.552. The number of ether oxygens (including phenoxy) is 2. The van der Waals surface area contributed by atoms with E-state index >= 15 is 0 Å². The average molecular weight is 254 g/mol. The molecule has 0 fully saturated rings. The Balaban J connectivity index is 2.76. The molecule has 0 unspecified atom stereocenters. The van der Waals surface area contributed by atoms with E-state index in [-0.39, 0.29) is 19.6 Å². The van der Waals surface area contributed by atoms with E-state index in [4.69, 9.17) is 9.47 Å². The Morgan fingerprint density at radius 2 is 1.83 bits per heavy atom. The van der Waals surface area contributed by atoms with E-state index in [1.807, 2.05) is 0 Å². The van der Waals surface area contributed by atoms with Crippen LogP contribution in [0.1, 0.15) is 19.4 Å². The summed E-state index contributed by atoms with van der Waals surface area (Å²) in [4.78, 5) is 23.4. The highest BCUT2D eigenvalue weighted by Crippen LogP contribution is 2.12. The minimum absolute atomic E-state index is 0.238. The summed E-state index contributed by atoms with van der Waals surface area (Å²) in [5, 5.41) is 3.99. The fraction of sp³-hybridized carbons (Fsp3) is 0.583. The van der Waals surface area contributed by atoms with Crippen molar-refractivity contribution >= 4 is 11.9 Å². The van der Waals surface area contributed by atoms with Crippen LogP contribution in [0.5, 0.6) is 0 Å². The lowest BCUT2D eigenvalue weighted by Crippen LogP contribution is -2.29. The number of nitrogens with zero attached hydrogens (tertiary/aromatic N) is 2. The molecule has 0 atom stereocenters. The maximum atomic E-state index is 11.7. The van der Waals surface area contributed by atoms with Crippen LogP contribution in [-0.2, 0) is 32.5 Å². The Morgan fingerprint density at radius 3 is 2.22 bits per heavy atom. The van der Waals surface area contributed by atoms with Gasteiger partial charge in [0, 0.05) is 13.2 Å². The molecule has 6 nitrogen and oxygen atoms in total. The second-order valence-corrected chi connectivity index (χ2v) is 3.78. The van der Waals surface area contributed by atoms with Crippen LogP contribution in [0.25, 0.3) is 0 Å². The van der Waals surface area contributed by atoms with Crippen LogP contribution in [0.3, 0.4) is 0 Å². The molecule has 0 saturated carbocycles. The van der Waals surface area contributed by atoms with Gasteiger partial charge >= 0.3 is 11.9 Å². The van der Waals surface area contributed by atoms with Gasteiger partial charge in [0.15, 0.2) is 5.92 Å². The van der Waals surface area contributed by atoms with Gasteiger partial charge in [0.2, 0.25) is 0 Å². The summed E-state index contributed by atoms with van der Waals surface area (Å²) in [6.07, 6.45) is 3.61. The number of carbonyl (C=O) groups is 2. The van der Waals surface area contributed by atoms with E-state index < -0.39 is 17.9 Å². The molecular formula is C12H18N2O4. The predicted molar refractivity (Wildman–Crippen MR) is 63.7 cm³/mol. The van der Waals surface area contributed by atoms with E-state index in [1.165, 1.54) is 0 Å². The predicted octanol–water partition coefficient (Wildman–Crippen LogP) is 0.705. The standard InChI is InChI=1S/C12H18N2O4/c1-4-17-11(15)10(12(16)18-5-2)6-9-7-13-14(3)8-9/h7-8,10H,4-6H2,1-3H3. The molecular weight excluding hydrogens is 236 g/mol. The molecule has 0 saturated heterocycles. The minimum Gasteiger partial charge on any atom is -0.465 e. The summed E-state index contributed by atoms with van der Waals surface area (Å²) in [6.45, 7) is 3.87. The van der Waals surface area contributed by atoms with Crippen molar-refractivity contribution in [3.63, 3.8) is 0 Å². The Bertz CT molecular complexity index is 396. The van der Waals surface area contributed by atoms with Gasteiger partial charge in [-0.2, -0.15) is 5.10 Å². The van der Waals surface area contributed by atoms with Crippen LogP contribution in [-0.4, -0.2) is 34.9 Å². The number of hydrogen-bond donors (Lipinski definition) is 0. The van der Waals surface area contributed by atoms with Crippen molar-refractivity contribution in [3.8, 4) is 0 Å². The summed E-state index contributed by atoms with van der Waals surface area (Å²) < 4.78 is 11.4. The number of esters is 2. The van der Waals surface area contributed by atoms with Gasteiger partial charge in [-0.05, 0) is 25.8 Å². The first-order valence-electron chi connectivity index (χ1n) is 5.89. The van der Waals surface area contributed by atoms with Gasteiger partial charge in [0.25, 0.3) is 0 Å². The lowest BCUT2D eigenvalue weighted by molar-refractivity contribution is -0.161. The van der Waals surface area contributed by atoms with Gasteiger partial charge in [-0.15, -0.1) is 0 Å². The van der Waals surface area contributed by atoms with Crippen LogP contribution in [0, 0.1) is 5.92 Å². The van der Waals surface area contributed by atoms with Gasteiger partial charge in [-0.3, -0.25) is 14.3 Å². The molecule has 0 spiro atoms. The molecule has 100 valence electrons. The second-order valence-electron chi connectivity index (χ2n) is 3.78. The van der Waals surface area contributed by atoms with E-state index in [2.05, 4.69) is 5.10 Å².